The van der Waals surface area contributed by atoms with Crippen molar-refractivity contribution in [2.24, 2.45) is 0 Å². The molecule has 12 nitrogen and oxygen atoms in total. The highest BCUT2D eigenvalue weighted by molar-refractivity contribution is 5.96. The van der Waals surface area contributed by atoms with Gasteiger partial charge in [0, 0.05) is 39.3 Å². The Morgan fingerprint density at radius 1 is 0.362 bits per heavy atom. The zero-order valence-corrected chi connectivity index (χ0v) is 32.7. The monoisotopic (exact) mass is 782 g/mol. The molecule has 12 heteroatoms. The van der Waals surface area contributed by atoms with Gasteiger partial charge in [0.25, 0.3) is 0 Å². The lowest BCUT2D eigenvalue weighted by Gasteiger charge is -2.35. The second-order valence-corrected chi connectivity index (χ2v) is 15.3. The molecule has 0 N–H and O–H groups in total. The van der Waals surface area contributed by atoms with Crippen molar-refractivity contribution in [1.29, 1.82) is 0 Å². The molecule has 4 aromatic carbocycles. The topological polar surface area (TPSA) is 122 Å². The predicted molar refractivity (Wildman–Crippen MR) is 217 cm³/mol. The first-order valence-corrected chi connectivity index (χ1v) is 20.1. The standard InChI is InChI=1S/C46H50N6O6/c53-41-31-49(29-37-19-9-3-10-20-37)45(57)40-24-14-26-52(40)44(56)34-48(28-36-17-7-2-8-18-36)42(54)32-50(30-38-21-11-4-12-22-38)46(58)39-23-13-25-51(39)43(55)33-47(41)27-35-15-5-1-6-16-35/h1-12,15-22,39-40H,13-14,23-34H2/t39-,40-/m0/s1. The summed E-state index contributed by atoms with van der Waals surface area (Å²) in [6.07, 6.45) is 1.96. The summed E-state index contributed by atoms with van der Waals surface area (Å²) in [5, 5.41) is 0. The van der Waals surface area contributed by atoms with Gasteiger partial charge in [-0.15, -0.1) is 0 Å². The lowest BCUT2D eigenvalue weighted by Crippen LogP contribution is -2.55. The minimum absolute atomic E-state index is 0.116. The van der Waals surface area contributed by atoms with Gasteiger partial charge in [-0.25, -0.2) is 0 Å². The Hall–Kier alpha value is -6.30. The molecule has 0 spiro atoms. The summed E-state index contributed by atoms with van der Waals surface area (Å²) in [7, 11) is 0. The van der Waals surface area contributed by atoms with Crippen molar-refractivity contribution < 1.29 is 28.8 Å². The number of amides is 6. The summed E-state index contributed by atoms with van der Waals surface area (Å²) in [6, 6.07) is 35.7. The first-order chi connectivity index (χ1) is 28.2. The maximum Gasteiger partial charge on any atom is 0.246 e. The minimum atomic E-state index is -0.845. The second-order valence-electron chi connectivity index (χ2n) is 15.3. The second kappa shape index (κ2) is 18.8. The van der Waals surface area contributed by atoms with Gasteiger partial charge in [0.05, 0.1) is 0 Å². The number of fused-ring (bicyclic) bond motifs is 2. The average molecular weight is 783 g/mol. The molecule has 3 fully saturated rings. The Kier molecular flexibility index (Phi) is 12.9. The quantitative estimate of drug-likeness (QED) is 0.266. The van der Waals surface area contributed by atoms with Crippen LogP contribution in [0.3, 0.4) is 0 Å². The average Bonchev–Trinajstić information content (AvgIpc) is 3.95. The van der Waals surface area contributed by atoms with Crippen molar-refractivity contribution in [3.8, 4) is 0 Å². The van der Waals surface area contributed by atoms with E-state index in [1.165, 1.54) is 29.4 Å². The van der Waals surface area contributed by atoms with Crippen LogP contribution in [0.4, 0.5) is 0 Å². The van der Waals surface area contributed by atoms with E-state index >= 15 is 0 Å². The van der Waals surface area contributed by atoms with Gasteiger partial charge in [-0.1, -0.05) is 121 Å². The van der Waals surface area contributed by atoms with Crippen LogP contribution in [0.15, 0.2) is 121 Å². The van der Waals surface area contributed by atoms with Gasteiger partial charge in [0.1, 0.15) is 38.3 Å². The van der Waals surface area contributed by atoms with Crippen molar-refractivity contribution in [3.63, 3.8) is 0 Å². The van der Waals surface area contributed by atoms with E-state index in [4.69, 9.17) is 0 Å². The Bertz CT molecular complexity index is 1920. The maximum absolute atomic E-state index is 14.6. The third kappa shape index (κ3) is 9.79. The molecule has 300 valence electrons. The first-order valence-electron chi connectivity index (χ1n) is 20.1. The third-order valence-corrected chi connectivity index (χ3v) is 11.2. The van der Waals surface area contributed by atoms with E-state index in [9.17, 15) is 28.8 Å². The molecule has 58 heavy (non-hydrogen) atoms. The summed E-state index contributed by atoms with van der Waals surface area (Å²) >= 11 is 0. The molecule has 4 aromatic rings. The van der Waals surface area contributed by atoms with E-state index in [2.05, 4.69) is 0 Å². The van der Waals surface area contributed by atoms with Crippen molar-refractivity contribution in [2.75, 3.05) is 39.3 Å². The van der Waals surface area contributed by atoms with Crippen LogP contribution in [-0.2, 0) is 54.9 Å². The van der Waals surface area contributed by atoms with Gasteiger partial charge in [-0.2, -0.15) is 0 Å². The zero-order chi connectivity index (χ0) is 40.4. The van der Waals surface area contributed by atoms with E-state index < -0.39 is 23.9 Å². The Labute approximate surface area is 339 Å². The highest BCUT2D eigenvalue weighted by atomic mass is 16.2. The van der Waals surface area contributed by atoms with E-state index in [1.807, 2.05) is 121 Å². The molecule has 2 atom stereocenters. The SMILES string of the molecule is O=C1CN(Cc2ccccc2)C(=O)[C@@H]2CCCN2C(=O)CN(Cc2ccccc2)C(=O)CN(Cc2ccccc2)C(=O)[C@@H]2CCCN2C(=O)CN1Cc1ccccc1. The number of rotatable bonds is 8. The third-order valence-electron chi connectivity index (χ3n) is 11.2. The molecule has 0 bridgehead atoms. The van der Waals surface area contributed by atoms with Crippen molar-refractivity contribution in [1.82, 2.24) is 29.4 Å². The first kappa shape index (κ1) is 39.9. The van der Waals surface area contributed by atoms with Gasteiger partial charge >= 0.3 is 0 Å². The van der Waals surface area contributed by atoms with Crippen molar-refractivity contribution >= 4 is 35.4 Å². The maximum atomic E-state index is 14.6. The van der Waals surface area contributed by atoms with Crippen LogP contribution in [0.5, 0.6) is 0 Å². The molecule has 0 saturated carbocycles. The molecule has 3 heterocycles. The largest absolute Gasteiger partial charge is 0.329 e. The lowest BCUT2D eigenvalue weighted by molar-refractivity contribution is -0.153. The molecule has 0 radical (unpaired) electrons. The van der Waals surface area contributed by atoms with Gasteiger partial charge < -0.3 is 29.4 Å². The van der Waals surface area contributed by atoms with Crippen LogP contribution in [0.25, 0.3) is 0 Å². The van der Waals surface area contributed by atoms with Crippen LogP contribution in [0.1, 0.15) is 47.9 Å². The zero-order valence-electron chi connectivity index (χ0n) is 32.7. The highest BCUT2D eigenvalue weighted by Crippen LogP contribution is 2.25. The molecule has 0 unspecified atom stereocenters. The number of benzene rings is 4. The lowest BCUT2D eigenvalue weighted by atomic mass is 10.1. The number of carbonyl (C=O) groups is 6. The van der Waals surface area contributed by atoms with Gasteiger partial charge in [0.2, 0.25) is 35.4 Å². The van der Waals surface area contributed by atoms with Crippen molar-refractivity contribution in [3.05, 3.63) is 144 Å². The van der Waals surface area contributed by atoms with E-state index in [0.29, 0.717) is 38.8 Å². The molecule has 0 aliphatic carbocycles. The van der Waals surface area contributed by atoms with Gasteiger partial charge in [-0.3, -0.25) is 28.8 Å². The number of hydrogen-bond donors (Lipinski definition) is 0. The normalized spacial score (nSPS) is 20.3. The number of carbonyl (C=O) groups excluding carboxylic acids is 6. The van der Waals surface area contributed by atoms with Crippen LogP contribution in [-0.4, -0.2) is 116 Å². The van der Waals surface area contributed by atoms with Gasteiger partial charge in [0.15, 0.2) is 0 Å². The predicted octanol–water partition coefficient (Wildman–Crippen LogP) is 4.10. The molecule has 3 aliphatic rings. The fourth-order valence-corrected chi connectivity index (χ4v) is 8.20. The van der Waals surface area contributed by atoms with Crippen LogP contribution < -0.4 is 0 Å². The fourth-order valence-electron chi connectivity index (χ4n) is 8.20. The van der Waals surface area contributed by atoms with E-state index in [0.717, 1.165) is 22.3 Å². The summed E-state index contributed by atoms with van der Waals surface area (Å²) < 4.78 is 0. The number of hydrogen-bond acceptors (Lipinski definition) is 6. The fraction of sp³-hybridized carbons (Fsp3) is 0.348. The molecule has 3 saturated heterocycles. The summed E-state index contributed by atoms with van der Waals surface area (Å²) in [5.41, 5.74) is 3.23. The van der Waals surface area contributed by atoms with Gasteiger partial charge in [-0.05, 0) is 47.9 Å². The highest BCUT2D eigenvalue weighted by Gasteiger charge is 2.41. The molecular weight excluding hydrogens is 733 g/mol. The van der Waals surface area contributed by atoms with Crippen LogP contribution in [0, 0.1) is 0 Å². The van der Waals surface area contributed by atoms with Crippen LogP contribution >= 0.6 is 0 Å². The number of nitrogens with zero attached hydrogens (tertiary/aromatic N) is 6. The smallest absolute Gasteiger partial charge is 0.246 e. The Morgan fingerprint density at radius 2 is 0.638 bits per heavy atom. The molecule has 6 amide bonds. The summed E-state index contributed by atoms with van der Waals surface area (Å²) in [6.45, 7) is -0.137. The van der Waals surface area contributed by atoms with E-state index in [1.54, 1.807) is 0 Å². The Balaban J connectivity index is 1.27. The summed E-state index contributed by atoms with van der Waals surface area (Å²) in [4.78, 5) is 95.9. The molecule has 3 aliphatic heterocycles. The minimum Gasteiger partial charge on any atom is -0.329 e. The molecule has 7 rings (SSSR count). The van der Waals surface area contributed by atoms with Crippen LogP contribution in [0.2, 0.25) is 0 Å². The molecule has 0 aromatic heterocycles. The molecular formula is C46H50N6O6. The van der Waals surface area contributed by atoms with E-state index in [-0.39, 0.29) is 76.0 Å². The van der Waals surface area contributed by atoms with Crippen molar-refractivity contribution in [2.45, 2.75) is 63.9 Å². The summed E-state index contributed by atoms with van der Waals surface area (Å²) in [5.74, 6) is -2.35. The Morgan fingerprint density at radius 3 is 0.948 bits per heavy atom.